The SMILES string of the molecule is Nc1ccccc1NC(=O)COc1ccc(F)cc1F. The molecule has 0 aliphatic heterocycles. The Bertz CT molecular complexity index is 632. The molecule has 4 nitrogen and oxygen atoms in total. The van der Waals surface area contributed by atoms with E-state index < -0.39 is 24.1 Å². The Balaban J connectivity index is 1.94. The monoisotopic (exact) mass is 278 g/mol. The first-order valence-corrected chi connectivity index (χ1v) is 5.78. The molecule has 104 valence electrons. The van der Waals surface area contributed by atoms with E-state index in [9.17, 15) is 13.6 Å². The Hall–Kier alpha value is -2.63. The highest BCUT2D eigenvalue weighted by Crippen LogP contribution is 2.19. The molecule has 0 atom stereocenters. The molecular weight excluding hydrogens is 266 g/mol. The molecule has 0 aromatic heterocycles. The summed E-state index contributed by atoms with van der Waals surface area (Å²) in [4.78, 5) is 11.6. The number of carbonyl (C=O) groups is 1. The van der Waals surface area contributed by atoms with E-state index >= 15 is 0 Å². The number of benzene rings is 2. The highest BCUT2D eigenvalue weighted by Gasteiger charge is 2.09. The van der Waals surface area contributed by atoms with Crippen LogP contribution in [0.1, 0.15) is 0 Å². The lowest BCUT2D eigenvalue weighted by atomic mass is 10.2. The predicted octanol–water partition coefficient (Wildman–Crippen LogP) is 2.56. The lowest BCUT2D eigenvalue weighted by Gasteiger charge is -2.09. The van der Waals surface area contributed by atoms with E-state index in [1.165, 1.54) is 0 Å². The quantitative estimate of drug-likeness (QED) is 0.845. The maximum atomic E-state index is 13.3. The van der Waals surface area contributed by atoms with Crippen molar-refractivity contribution in [3.05, 3.63) is 54.1 Å². The number of ether oxygens (including phenoxy) is 1. The number of hydrogen-bond acceptors (Lipinski definition) is 3. The molecule has 0 spiro atoms. The van der Waals surface area contributed by atoms with Crippen molar-refractivity contribution in [2.45, 2.75) is 0 Å². The first-order valence-electron chi connectivity index (χ1n) is 5.78. The zero-order valence-corrected chi connectivity index (χ0v) is 10.4. The molecule has 0 saturated heterocycles. The van der Waals surface area contributed by atoms with E-state index in [1.54, 1.807) is 24.3 Å². The lowest BCUT2D eigenvalue weighted by Crippen LogP contribution is -2.21. The fourth-order valence-electron chi connectivity index (χ4n) is 1.53. The molecule has 2 aromatic rings. The summed E-state index contributed by atoms with van der Waals surface area (Å²) in [6.07, 6.45) is 0. The van der Waals surface area contributed by atoms with Crippen LogP contribution in [-0.2, 0) is 4.79 Å². The maximum absolute atomic E-state index is 13.3. The van der Waals surface area contributed by atoms with Crippen molar-refractivity contribution in [3.8, 4) is 5.75 Å². The summed E-state index contributed by atoms with van der Waals surface area (Å²) in [5, 5.41) is 2.53. The average Bonchev–Trinajstić information content (AvgIpc) is 2.40. The van der Waals surface area contributed by atoms with Crippen LogP contribution in [0.3, 0.4) is 0 Å². The van der Waals surface area contributed by atoms with Gasteiger partial charge >= 0.3 is 0 Å². The van der Waals surface area contributed by atoms with Crippen LogP contribution in [0.5, 0.6) is 5.75 Å². The van der Waals surface area contributed by atoms with Crippen LogP contribution in [0.4, 0.5) is 20.2 Å². The fourth-order valence-corrected chi connectivity index (χ4v) is 1.53. The molecule has 3 N–H and O–H groups in total. The van der Waals surface area contributed by atoms with Gasteiger partial charge in [-0.25, -0.2) is 8.78 Å². The smallest absolute Gasteiger partial charge is 0.262 e. The number of rotatable bonds is 4. The van der Waals surface area contributed by atoms with Crippen LogP contribution in [0.25, 0.3) is 0 Å². The van der Waals surface area contributed by atoms with Crippen molar-refractivity contribution in [1.82, 2.24) is 0 Å². The molecule has 0 aliphatic carbocycles. The van der Waals surface area contributed by atoms with Gasteiger partial charge in [0.15, 0.2) is 18.2 Å². The second-order valence-electron chi connectivity index (χ2n) is 4.00. The molecule has 0 bridgehead atoms. The number of anilines is 2. The summed E-state index contributed by atoms with van der Waals surface area (Å²) >= 11 is 0. The number of amides is 1. The molecule has 20 heavy (non-hydrogen) atoms. The van der Waals surface area contributed by atoms with Gasteiger partial charge in [-0.1, -0.05) is 12.1 Å². The average molecular weight is 278 g/mol. The van der Waals surface area contributed by atoms with Gasteiger partial charge in [0, 0.05) is 6.07 Å². The van der Waals surface area contributed by atoms with Gasteiger partial charge in [-0.15, -0.1) is 0 Å². The van der Waals surface area contributed by atoms with Crippen molar-refractivity contribution < 1.29 is 18.3 Å². The lowest BCUT2D eigenvalue weighted by molar-refractivity contribution is -0.118. The van der Waals surface area contributed by atoms with Crippen LogP contribution in [0.2, 0.25) is 0 Å². The molecular formula is C14H12F2N2O2. The molecule has 0 saturated carbocycles. The minimum absolute atomic E-state index is 0.192. The van der Waals surface area contributed by atoms with Gasteiger partial charge in [0.25, 0.3) is 5.91 Å². The van der Waals surface area contributed by atoms with Crippen LogP contribution >= 0.6 is 0 Å². The van der Waals surface area contributed by atoms with Gasteiger partial charge < -0.3 is 15.8 Å². The van der Waals surface area contributed by atoms with Crippen molar-refractivity contribution >= 4 is 17.3 Å². The summed E-state index contributed by atoms with van der Waals surface area (Å²) in [7, 11) is 0. The van der Waals surface area contributed by atoms with Crippen molar-refractivity contribution in [3.63, 3.8) is 0 Å². The van der Waals surface area contributed by atoms with Gasteiger partial charge in [-0.3, -0.25) is 4.79 Å². The third-order valence-corrected chi connectivity index (χ3v) is 2.49. The third-order valence-electron chi connectivity index (χ3n) is 2.49. The largest absolute Gasteiger partial charge is 0.481 e. The third kappa shape index (κ3) is 3.44. The molecule has 0 radical (unpaired) electrons. The second kappa shape index (κ2) is 6.01. The highest BCUT2D eigenvalue weighted by atomic mass is 19.1. The number of halogens is 2. The van der Waals surface area contributed by atoms with Crippen LogP contribution in [0, 0.1) is 11.6 Å². The molecule has 0 aliphatic rings. The first-order chi connectivity index (χ1) is 9.56. The number of para-hydroxylation sites is 2. The van der Waals surface area contributed by atoms with Crippen molar-refractivity contribution in [1.29, 1.82) is 0 Å². The summed E-state index contributed by atoms with van der Waals surface area (Å²) in [6.45, 7) is -0.406. The maximum Gasteiger partial charge on any atom is 0.262 e. The normalized spacial score (nSPS) is 10.1. The minimum Gasteiger partial charge on any atom is -0.481 e. The zero-order chi connectivity index (χ0) is 14.5. The summed E-state index contributed by atoms with van der Waals surface area (Å²) < 4.78 is 30.9. The van der Waals surface area contributed by atoms with Gasteiger partial charge in [-0.05, 0) is 24.3 Å². The Morgan fingerprint density at radius 3 is 2.65 bits per heavy atom. The molecule has 0 fully saturated rings. The van der Waals surface area contributed by atoms with Gasteiger partial charge in [0.05, 0.1) is 11.4 Å². The first kappa shape index (κ1) is 13.8. The molecule has 6 heteroatoms. The van der Waals surface area contributed by atoms with E-state index in [2.05, 4.69) is 5.32 Å². The van der Waals surface area contributed by atoms with E-state index in [4.69, 9.17) is 10.5 Å². The number of nitrogen functional groups attached to an aromatic ring is 1. The second-order valence-corrected chi connectivity index (χ2v) is 4.00. The van der Waals surface area contributed by atoms with E-state index in [0.717, 1.165) is 12.1 Å². The Kier molecular flexibility index (Phi) is 4.14. The molecule has 2 rings (SSSR count). The molecule has 0 unspecified atom stereocenters. The highest BCUT2D eigenvalue weighted by molar-refractivity contribution is 5.94. The zero-order valence-electron chi connectivity index (χ0n) is 10.4. The van der Waals surface area contributed by atoms with E-state index in [-0.39, 0.29) is 5.75 Å². The standard InChI is InChI=1S/C14H12F2N2O2/c15-9-5-6-13(10(16)7-9)20-8-14(19)18-12-4-2-1-3-11(12)17/h1-7H,8,17H2,(H,18,19). The van der Waals surface area contributed by atoms with Crippen LogP contribution < -0.4 is 15.8 Å². The number of nitrogens with two attached hydrogens (primary N) is 1. The molecule has 2 aromatic carbocycles. The minimum atomic E-state index is -0.864. The van der Waals surface area contributed by atoms with Gasteiger partial charge in [0.1, 0.15) is 5.82 Å². The van der Waals surface area contributed by atoms with Crippen molar-refractivity contribution in [2.75, 3.05) is 17.7 Å². The molecule has 1 amide bonds. The van der Waals surface area contributed by atoms with Crippen LogP contribution in [0.15, 0.2) is 42.5 Å². The Labute approximate surface area is 114 Å². The summed E-state index contributed by atoms with van der Waals surface area (Å²) in [6, 6.07) is 9.56. The summed E-state index contributed by atoms with van der Waals surface area (Å²) in [5.74, 6) is -2.26. The number of nitrogens with one attached hydrogen (secondary N) is 1. The fraction of sp³-hybridized carbons (Fsp3) is 0.0714. The van der Waals surface area contributed by atoms with E-state index in [1.807, 2.05) is 0 Å². The van der Waals surface area contributed by atoms with Crippen molar-refractivity contribution in [2.24, 2.45) is 0 Å². The number of carbonyl (C=O) groups excluding carboxylic acids is 1. The van der Waals surface area contributed by atoms with E-state index in [0.29, 0.717) is 17.4 Å². The van der Waals surface area contributed by atoms with Gasteiger partial charge in [-0.2, -0.15) is 0 Å². The summed E-state index contributed by atoms with van der Waals surface area (Å²) in [5.41, 5.74) is 6.52. The van der Waals surface area contributed by atoms with Crippen LogP contribution in [-0.4, -0.2) is 12.5 Å². The number of hydrogen-bond donors (Lipinski definition) is 2. The Morgan fingerprint density at radius 1 is 1.20 bits per heavy atom. The Morgan fingerprint density at radius 2 is 1.95 bits per heavy atom. The predicted molar refractivity (Wildman–Crippen MR) is 71.3 cm³/mol. The topological polar surface area (TPSA) is 64.3 Å². The van der Waals surface area contributed by atoms with Gasteiger partial charge in [0.2, 0.25) is 0 Å². The molecule has 0 heterocycles.